The maximum atomic E-state index is 12.8. The lowest BCUT2D eigenvalue weighted by atomic mass is 10.1. The van der Waals surface area contributed by atoms with E-state index >= 15 is 0 Å². The Morgan fingerprint density at radius 2 is 2.00 bits per heavy atom. The molecule has 1 saturated carbocycles. The highest BCUT2D eigenvalue weighted by atomic mass is 16.5. The van der Waals surface area contributed by atoms with E-state index < -0.39 is 0 Å². The number of imidazole rings is 1. The van der Waals surface area contributed by atoms with Crippen LogP contribution in [0.15, 0.2) is 24.4 Å². The van der Waals surface area contributed by atoms with Crippen molar-refractivity contribution in [1.82, 2.24) is 19.6 Å². The van der Waals surface area contributed by atoms with E-state index in [1.54, 1.807) is 0 Å². The minimum atomic E-state index is -0.0561. The van der Waals surface area contributed by atoms with Crippen molar-refractivity contribution in [2.24, 2.45) is 17.8 Å². The van der Waals surface area contributed by atoms with Crippen molar-refractivity contribution in [2.45, 2.75) is 38.6 Å². The van der Waals surface area contributed by atoms with Crippen LogP contribution in [0, 0.1) is 17.8 Å². The van der Waals surface area contributed by atoms with Gasteiger partial charge in [-0.15, -0.1) is 0 Å². The molecule has 5 rings (SSSR count). The average Bonchev–Trinajstić information content (AvgIpc) is 3.07. The lowest BCUT2D eigenvalue weighted by Crippen LogP contribution is -2.40. The molecule has 150 valence electrons. The van der Waals surface area contributed by atoms with Crippen molar-refractivity contribution in [2.75, 3.05) is 32.8 Å². The molecule has 28 heavy (non-hydrogen) atoms. The molecule has 2 aromatic heterocycles. The molecule has 3 fully saturated rings. The van der Waals surface area contributed by atoms with Gasteiger partial charge < -0.3 is 10.1 Å². The standard InChI is InChI=1S/C22H30N4O2/c1-14(2)20-19-5-3-4-8-26(19)21(24-20)22(27)23-11-16-17-12-25(13-18(16)17)15-6-9-28-10-7-15/h3-5,8,14-18H,6-7,9-13H2,1-2H3,(H,23,27). The molecular weight excluding hydrogens is 352 g/mol. The first-order chi connectivity index (χ1) is 13.6. The fourth-order valence-corrected chi connectivity index (χ4v) is 5.27. The third-order valence-electron chi connectivity index (χ3n) is 6.93. The smallest absolute Gasteiger partial charge is 0.287 e. The second-order valence-corrected chi connectivity index (χ2v) is 8.93. The summed E-state index contributed by atoms with van der Waals surface area (Å²) in [5.41, 5.74) is 2.01. The third-order valence-corrected chi connectivity index (χ3v) is 6.93. The molecule has 2 atom stereocenters. The number of amides is 1. The Bertz CT molecular complexity index is 859. The van der Waals surface area contributed by atoms with Gasteiger partial charge in [0.25, 0.3) is 5.91 Å². The maximum absolute atomic E-state index is 12.8. The molecule has 2 unspecified atom stereocenters. The minimum Gasteiger partial charge on any atom is -0.381 e. The molecule has 6 heteroatoms. The fourth-order valence-electron chi connectivity index (χ4n) is 5.27. The van der Waals surface area contributed by atoms with Crippen molar-refractivity contribution in [1.29, 1.82) is 0 Å². The van der Waals surface area contributed by atoms with Crippen LogP contribution >= 0.6 is 0 Å². The number of aromatic nitrogens is 2. The van der Waals surface area contributed by atoms with Crippen LogP contribution in [0.5, 0.6) is 0 Å². The van der Waals surface area contributed by atoms with Crippen LogP contribution in [0.1, 0.15) is 48.9 Å². The van der Waals surface area contributed by atoms with Crippen LogP contribution in [-0.4, -0.2) is 59.1 Å². The molecule has 2 aliphatic heterocycles. The Hall–Kier alpha value is -1.92. The average molecular weight is 383 g/mol. The number of pyridine rings is 1. The van der Waals surface area contributed by atoms with E-state index in [0.29, 0.717) is 17.8 Å². The number of hydrogen-bond acceptors (Lipinski definition) is 4. The van der Waals surface area contributed by atoms with E-state index in [-0.39, 0.29) is 11.8 Å². The number of hydrogen-bond donors (Lipinski definition) is 1. The summed E-state index contributed by atoms with van der Waals surface area (Å²) in [6, 6.07) is 6.70. The van der Waals surface area contributed by atoms with Gasteiger partial charge in [-0.2, -0.15) is 0 Å². The van der Waals surface area contributed by atoms with Crippen LogP contribution in [0.3, 0.4) is 0 Å². The molecule has 0 spiro atoms. The zero-order valence-electron chi connectivity index (χ0n) is 16.8. The summed E-state index contributed by atoms with van der Waals surface area (Å²) < 4.78 is 7.41. The Balaban J connectivity index is 1.19. The predicted octanol–water partition coefficient (Wildman–Crippen LogP) is 2.54. The number of nitrogens with one attached hydrogen (secondary N) is 1. The van der Waals surface area contributed by atoms with Gasteiger partial charge in [0.15, 0.2) is 0 Å². The fraction of sp³-hybridized carbons (Fsp3) is 0.636. The van der Waals surface area contributed by atoms with E-state index in [9.17, 15) is 4.79 Å². The highest BCUT2D eigenvalue weighted by Gasteiger charge is 2.56. The Kier molecular flexibility index (Phi) is 4.63. The van der Waals surface area contributed by atoms with Gasteiger partial charge in [-0.1, -0.05) is 19.9 Å². The lowest BCUT2D eigenvalue weighted by molar-refractivity contribution is 0.0368. The number of piperidine rings is 1. The van der Waals surface area contributed by atoms with E-state index in [2.05, 4.69) is 29.0 Å². The predicted molar refractivity (Wildman–Crippen MR) is 107 cm³/mol. The molecule has 1 aliphatic carbocycles. The van der Waals surface area contributed by atoms with Crippen LogP contribution in [0.25, 0.3) is 5.52 Å². The molecule has 6 nitrogen and oxygen atoms in total. The van der Waals surface area contributed by atoms with Crippen molar-refractivity contribution in [3.8, 4) is 0 Å². The van der Waals surface area contributed by atoms with Gasteiger partial charge in [-0.05, 0) is 48.6 Å². The van der Waals surface area contributed by atoms with Crippen molar-refractivity contribution < 1.29 is 9.53 Å². The summed E-state index contributed by atoms with van der Waals surface area (Å²) in [7, 11) is 0. The summed E-state index contributed by atoms with van der Waals surface area (Å²) in [4.78, 5) is 20.2. The van der Waals surface area contributed by atoms with Gasteiger partial charge in [0.2, 0.25) is 5.82 Å². The van der Waals surface area contributed by atoms with Crippen LogP contribution in [0.4, 0.5) is 0 Å². The number of likely N-dealkylation sites (tertiary alicyclic amines) is 1. The second-order valence-electron chi connectivity index (χ2n) is 8.93. The van der Waals surface area contributed by atoms with E-state index in [1.807, 2.05) is 28.8 Å². The Morgan fingerprint density at radius 1 is 1.25 bits per heavy atom. The molecular formula is C22H30N4O2. The van der Waals surface area contributed by atoms with Crippen LogP contribution < -0.4 is 5.32 Å². The monoisotopic (exact) mass is 382 g/mol. The van der Waals surface area contributed by atoms with Gasteiger partial charge in [0, 0.05) is 45.1 Å². The number of ether oxygens (including phenoxy) is 1. The van der Waals surface area contributed by atoms with Gasteiger partial charge in [-0.3, -0.25) is 14.1 Å². The lowest BCUT2D eigenvalue weighted by Gasteiger charge is -2.32. The summed E-state index contributed by atoms with van der Waals surface area (Å²) in [6.45, 7) is 9.21. The summed E-state index contributed by atoms with van der Waals surface area (Å²) in [5.74, 6) is 2.89. The number of carbonyl (C=O) groups excluding carboxylic acids is 1. The maximum Gasteiger partial charge on any atom is 0.287 e. The van der Waals surface area contributed by atoms with E-state index in [0.717, 1.165) is 42.8 Å². The molecule has 0 radical (unpaired) electrons. The van der Waals surface area contributed by atoms with Crippen molar-refractivity contribution in [3.05, 3.63) is 35.9 Å². The molecule has 4 heterocycles. The Labute approximate surface area is 166 Å². The van der Waals surface area contributed by atoms with E-state index in [1.165, 1.54) is 25.9 Å². The van der Waals surface area contributed by atoms with E-state index in [4.69, 9.17) is 4.74 Å². The minimum absolute atomic E-state index is 0.0561. The van der Waals surface area contributed by atoms with Gasteiger partial charge in [-0.25, -0.2) is 4.98 Å². The van der Waals surface area contributed by atoms with Gasteiger partial charge in [0.1, 0.15) is 0 Å². The number of carbonyl (C=O) groups is 1. The summed E-state index contributed by atoms with van der Waals surface area (Å²) >= 11 is 0. The number of rotatable bonds is 5. The van der Waals surface area contributed by atoms with Crippen molar-refractivity contribution >= 4 is 11.4 Å². The Morgan fingerprint density at radius 3 is 2.71 bits per heavy atom. The topological polar surface area (TPSA) is 58.9 Å². The summed E-state index contributed by atoms with van der Waals surface area (Å²) in [6.07, 6.45) is 4.28. The van der Waals surface area contributed by atoms with Gasteiger partial charge in [0.05, 0.1) is 11.2 Å². The van der Waals surface area contributed by atoms with Gasteiger partial charge >= 0.3 is 0 Å². The largest absolute Gasteiger partial charge is 0.381 e. The molecule has 1 amide bonds. The number of fused-ring (bicyclic) bond motifs is 2. The second kappa shape index (κ2) is 7.16. The number of nitrogens with zero attached hydrogens (tertiary/aromatic N) is 3. The van der Waals surface area contributed by atoms with Crippen molar-refractivity contribution in [3.63, 3.8) is 0 Å². The first kappa shape index (κ1) is 18.1. The first-order valence-electron chi connectivity index (χ1n) is 10.7. The molecule has 0 bridgehead atoms. The SMILES string of the molecule is CC(C)c1nc(C(=O)NCC2C3CN(C4CCOCC4)CC23)n2ccccc12. The normalized spacial score (nSPS) is 28.0. The zero-order chi connectivity index (χ0) is 19.3. The first-order valence-corrected chi connectivity index (χ1v) is 10.7. The third kappa shape index (κ3) is 3.12. The molecule has 0 aromatic carbocycles. The van der Waals surface area contributed by atoms with Crippen LogP contribution in [-0.2, 0) is 4.74 Å². The van der Waals surface area contributed by atoms with Crippen LogP contribution in [0.2, 0.25) is 0 Å². The molecule has 3 aliphatic rings. The molecule has 1 N–H and O–H groups in total. The zero-order valence-corrected chi connectivity index (χ0v) is 16.8. The highest BCUT2D eigenvalue weighted by Crippen LogP contribution is 2.52. The molecule has 2 saturated heterocycles. The quantitative estimate of drug-likeness (QED) is 0.863. The molecule has 2 aromatic rings. The highest BCUT2D eigenvalue weighted by molar-refractivity contribution is 5.92. The summed E-state index contributed by atoms with van der Waals surface area (Å²) in [5, 5.41) is 3.17.